The van der Waals surface area contributed by atoms with Crippen LogP contribution in [0.15, 0.2) is 71.8 Å². The van der Waals surface area contributed by atoms with E-state index in [1.165, 1.54) is 20.4 Å². The fourth-order valence-corrected chi connectivity index (χ4v) is 2.92. The highest BCUT2D eigenvalue weighted by molar-refractivity contribution is 5.95. The molecule has 0 aliphatic heterocycles. The van der Waals surface area contributed by atoms with Gasteiger partial charge in [-0.1, -0.05) is 24.3 Å². The number of methoxy groups -OCH3 is 2. The van der Waals surface area contributed by atoms with E-state index in [0.717, 1.165) is 11.3 Å². The minimum Gasteiger partial charge on any atom is -0.497 e. The van der Waals surface area contributed by atoms with Crippen LogP contribution in [0.3, 0.4) is 0 Å². The van der Waals surface area contributed by atoms with E-state index in [2.05, 4.69) is 15.8 Å². The third kappa shape index (κ3) is 6.57. The summed E-state index contributed by atoms with van der Waals surface area (Å²) in [5.41, 5.74) is 5.27. The van der Waals surface area contributed by atoms with Gasteiger partial charge in [-0.2, -0.15) is 5.10 Å². The zero-order valence-electron chi connectivity index (χ0n) is 18.6. The lowest BCUT2D eigenvalue weighted by molar-refractivity contribution is -0.118. The Morgan fingerprint density at radius 1 is 0.939 bits per heavy atom. The highest BCUT2D eigenvalue weighted by Crippen LogP contribution is 2.27. The lowest BCUT2D eigenvalue weighted by Gasteiger charge is -2.12. The van der Waals surface area contributed by atoms with Gasteiger partial charge < -0.3 is 19.5 Å². The molecule has 0 radical (unpaired) electrons. The molecule has 0 spiro atoms. The zero-order valence-corrected chi connectivity index (χ0v) is 18.6. The maximum atomic E-state index is 12.2. The lowest BCUT2D eigenvalue weighted by Crippen LogP contribution is -2.20. The SMILES string of the molecule is COc1cccc(C(=O)N/N=C\c2ccc(OCC(=O)Nc3ccccc3C)c(OC)c2)c1. The monoisotopic (exact) mass is 447 g/mol. The van der Waals surface area contributed by atoms with E-state index >= 15 is 0 Å². The highest BCUT2D eigenvalue weighted by atomic mass is 16.5. The number of ether oxygens (including phenoxy) is 3. The molecule has 0 aromatic heterocycles. The van der Waals surface area contributed by atoms with Gasteiger partial charge in [0.25, 0.3) is 11.8 Å². The van der Waals surface area contributed by atoms with Crippen molar-refractivity contribution in [2.45, 2.75) is 6.92 Å². The summed E-state index contributed by atoms with van der Waals surface area (Å²) in [7, 11) is 3.04. The molecule has 0 bridgehead atoms. The molecule has 33 heavy (non-hydrogen) atoms. The minimum atomic E-state index is -0.364. The van der Waals surface area contributed by atoms with E-state index in [1.807, 2.05) is 31.2 Å². The van der Waals surface area contributed by atoms with Crippen molar-refractivity contribution < 1.29 is 23.8 Å². The number of para-hydroxylation sites is 1. The number of benzene rings is 3. The second-order valence-electron chi connectivity index (χ2n) is 6.99. The first-order chi connectivity index (χ1) is 16.0. The number of nitrogens with one attached hydrogen (secondary N) is 2. The molecule has 0 saturated carbocycles. The first-order valence-corrected chi connectivity index (χ1v) is 10.1. The summed E-state index contributed by atoms with van der Waals surface area (Å²) in [5.74, 6) is 0.783. The molecular formula is C25H25N3O5. The average molecular weight is 447 g/mol. The van der Waals surface area contributed by atoms with Crippen LogP contribution in [0.25, 0.3) is 0 Å². The fourth-order valence-electron chi connectivity index (χ4n) is 2.92. The quantitative estimate of drug-likeness (QED) is 0.384. The van der Waals surface area contributed by atoms with Crippen molar-refractivity contribution >= 4 is 23.7 Å². The van der Waals surface area contributed by atoms with E-state index in [-0.39, 0.29) is 18.4 Å². The van der Waals surface area contributed by atoms with Gasteiger partial charge in [0.15, 0.2) is 18.1 Å². The summed E-state index contributed by atoms with van der Waals surface area (Å²) in [5, 5.41) is 6.80. The van der Waals surface area contributed by atoms with Crippen molar-refractivity contribution in [2.75, 3.05) is 26.1 Å². The van der Waals surface area contributed by atoms with Crippen molar-refractivity contribution in [1.82, 2.24) is 5.43 Å². The molecule has 2 N–H and O–H groups in total. The van der Waals surface area contributed by atoms with Gasteiger partial charge in [0, 0.05) is 11.3 Å². The zero-order chi connectivity index (χ0) is 23.6. The second kappa shape index (κ2) is 11.3. The normalized spacial score (nSPS) is 10.5. The number of hydrazone groups is 1. The third-order valence-corrected chi connectivity index (χ3v) is 4.68. The largest absolute Gasteiger partial charge is 0.497 e. The molecule has 0 unspecified atom stereocenters. The number of carbonyl (C=O) groups is 2. The summed E-state index contributed by atoms with van der Waals surface area (Å²) in [6, 6.07) is 19.4. The molecule has 0 aliphatic rings. The fraction of sp³-hybridized carbons (Fsp3) is 0.160. The lowest BCUT2D eigenvalue weighted by atomic mass is 10.2. The van der Waals surface area contributed by atoms with Crippen molar-refractivity contribution in [1.29, 1.82) is 0 Å². The molecule has 8 heteroatoms. The van der Waals surface area contributed by atoms with Gasteiger partial charge in [0.2, 0.25) is 0 Å². The van der Waals surface area contributed by atoms with Crippen LogP contribution in [0.5, 0.6) is 17.2 Å². The molecule has 0 atom stereocenters. The first kappa shape index (κ1) is 23.3. The molecule has 3 rings (SSSR count). The van der Waals surface area contributed by atoms with Gasteiger partial charge in [0.1, 0.15) is 5.75 Å². The summed E-state index contributed by atoms with van der Waals surface area (Å²) in [6.07, 6.45) is 1.48. The van der Waals surface area contributed by atoms with Gasteiger partial charge in [-0.3, -0.25) is 9.59 Å². The molecule has 2 amide bonds. The number of amides is 2. The Morgan fingerprint density at radius 3 is 2.52 bits per heavy atom. The molecule has 8 nitrogen and oxygen atoms in total. The van der Waals surface area contributed by atoms with Gasteiger partial charge in [-0.05, 0) is 60.5 Å². The number of hydrogen-bond acceptors (Lipinski definition) is 6. The summed E-state index contributed by atoms with van der Waals surface area (Å²) < 4.78 is 16.1. The number of aryl methyl sites for hydroxylation is 1. The smallest absolute Gasteiger partial charge is 0.271 e. The van der Waals surface area contributed by atoms with Crippen molar-refractivity contribution in [3.63, 3.8) is 0 Å². The minimum absolute atomic E-state index is 0.172. The Labute approximate surface area is 192 Å². The third-order valence-electron chi connectivity index (χ3n) is 4.68. The molecule has 0 aliphatic carbocycles. The topological polar surface area (TPSA) is 98.3 Å². The predicted molar refractivity (Wildman–Crippen MR) is 126 cm³/mol. The number of carbonyl (C=O) groups excluding carboxylic acids is 2. The number of hydrogen-bond donors (Lipinski definition) is 2. The summed E-state index contributed by atoms with van der Waals surface area (Å²) in [6.45, 7) is 1.74. The Bertz CT molecular complexity index is 1160. The van der Waals surface area contributed by atoms with Crippen molar-refractivity contribution in [3.8, 4) is 17.2 Å². The van der Waals surface area contributed by atoms with Crippen LogP contribution in [0.2, 0.25) is 0 Å². The van der Waals surface area contributed by atoms with Gasteiger partial charge in [-0.15, -0.1) is 0 Å². The standard InChI is InChI=1S/C25H25N3O5/c1-17-7-4-5-10-21(17)27-24(29)16-33-22-12-11-18(13-23(22)32-3)15-26-28-25(30)19-8-6-9-20(14-19)31-2/h4-15H,16H2,1-3H3,(H,27,29)(H,28,30)/b26-15-. The van der Waals surface area contributed by atoms with Crippen LogP contribution in [0.1, 0.15) is 21.5 Å². The Hall–Kier alpha value is -4.33. The molecule has 170 valence electrons. The van der Waals surface area contributed by atoms with Gasteiger partial charge in [0.05, 0.1) is 20.4 Å². The van der Waals surface area contributed by atoms with Gasteiger partial charge in [-0.25, -0.2) is 5.43 Å². The van der Waals surface area contributed by atoms with E-state index in [4.69, 9.17) is 14.2 Å². The van der Waals surface area contributed by atoms with Crippen molar-refractivity contribution in [3.05, 3.63) is 83.4 Å². The van der Waals surface area contributed by atoms with E-state index in [0.29, 0.717) is 28.4 Å². The van der Waals surface area contributed by atoms with Crippen LogP contribution in [-0.4, -0.2) is 38.9 Å². The molecule has 3 aromatic carbocycles. The number of nitrogens with zero attached hydrogens (tertiary/aromatic N) is 1. The first-order valence-electron chi connectivity index (χ1n) is 10.1. The molecule has 0 fully saturated rings. The van der Waals surface area contributed by atoms with E-state index < -0.39 is 0 Å². The Morgan fingerprint density at radius 2 is 1.76 bits per heavy atom. The second-order valence-corrected chi connectivity index (χ2v) is 6.99. The summed E-state index contributed by atoms with van der Waals surface area (Å²) in [4.78, 5) is 24.4. The van der Waals surface area contributed by atoms with Crippen LogP contribution in [0, 0.1) is 6.92 Å². The maximum Gasteiger partial charge on any atom is 0.271 e. The number of rotatable bonds is 9. The Kier molecular flexibility index (Phi) is 8.02. The molecule has 3 aromatic rings. The van der Waals surface area contributed by atoms with Crippen molar-refractivity contribution in [2.24, 2.45) is 5.10 Å². The highest BCUT2D eigenvalue weighted by Gasteiger charge is 2.10. The number of anilines is 1. The van der Waals surface area contributed by atoms with Crippen LogP contribution in [-0.2, 0) is 4.79 Å². The summed E-state index contributed by atoms with van der Waals surface area (Å²) >= 11 is 0. The average Bonchev–Trinajstić information content (AvgIpc) is 2.84. The molecular weight excluding hydrogens is 422 g/mol. The maximum absolute atomic E-state index is 12.2. The van der Waals surface area contributed by atoms with Crippen LogP contribution >= 0.6 is 0 Å². The molecule has 0 saturated heterocycles. The van der Waals surface area contributed by atoms with E-state index in [9.17, 15) is 9.59 Å². The van der Waals surface area contributed by atoms with E-state index in [1.54, 1.807) is 42.5 Å². The van der Waals surface area contributed by atoms with Gasteiger partial charge >= 0.3 is 0 Å². The van der Waals surface area contributed by atoms with Crippen LogP contribution < -0.4 is 25.0 Å². The Balaban J connectivity index is 1.58. The molecule has 0 heterocycles. The predicted octanol–water partition coefficient (Wildman–Crippen LogP) is 3.79. The van der Waals surface area contributed by atoms with Crippen LogP contribution in [0.4, 0.5) is 5.69 Å².